The van der Waals surface area contributed by atoms with E-state index >= 15 is 0 Å². The standard InChI is InChI=1S/C22H26IN3OS2/c1-15-12-16(2)22-19(9-11-26(22)28-23)20(15)14-25-10-4-3-8-21(25)17-6-5-7-18(13-17)29(24)27/h5-7,9,11-13,21H,3-4,8,10,14,24H2,1-2H3. The minimum Gasteiger partial charge on any atom is -0.292 e. The number of fused-ring (bicyclic) bond motifs is 1. The number of hydrogen-bond donors (Lipinski definition) is 1. The summed E-state index contributed by atoms with van der Waals surface area (Å²) >= 11 is 2.34. The zero-order chi connectivity index (χ0) is 20.5. The lowest BCUT2D eigenvalue weighted by Gasteiger charge is -2.36. The van der Waals surface area contributed by atoms with Crippen molar-refractivity contribution in [2.24, 2.45) is 5.14 Å². The van der Waals surface area contributed by atoms with Crippen molar-refractivity contribution in [2.75, 3.05) is 6.54 Å². The van der Waals surface area contributed by atoms with Crippen molar-refractivity contribution in [3.05, 3.63) is 64.8 Å². The molecule has 7 heteroatoms. The highest BCUT2D eigenvalue weighted by atomic mass is 127. The Morgan fingerprint density at radius 3 is 2.79 bits per heavy atom. The van der Waals surface area contributed by atoms with E-state index in [-0.39, 0.29) is 0 Å². The Morgan fingerprint density at radius 2 is 2.03 bits per heavy atom. The maximum Gasteiger partial charge on any atom is 0.122 e. The third-order valence-corrected chi connectivity index (χ3v) is 8.43. The van der Waals surface area contributed by atoms with E-state index in [0.717, 1.165) is 19.5 Å². The van der Waals surface area contributed by atoms with Gasteiger partial charge in [-0.05, 0) is 73.7 Å². The van der Waals surface area contributed by atoms with E-state index < -0.39 is 11.0 Å². The van der Waals surface area contributed by atoms with Gasteiger partial charge in [-0.25, -0.2) is 9.35 Å². The molecule has 1 aliphatic heterocycles. The van der Waals surface area contributed by atoms with Gasteiger partial charge in [0, 0.05) is 54.5 Å². The van der Waals surface area contributed by atoms with Gasteiger partial charge in [-0.1, -0.05) is 24.6 Å². The Balaban J connectivity index is 1.72. The second kappa shape index (κ2) is 9.09. The molecule has 29 heavy (non-hydrogen) atoms. The number of halogens is 1. The molecule has 2 aromatic carbocycles. The maximum atomic E-state index is 11.8. The quantitative estimate of drug-likeness (QED) is 0.417. The molecule has 2 unspecified atom stereocenters. The maximum absolute atomic E-state index is 11.8. The Hall–Kier alpha value is -0.870. The molecule has 1 fully saturated rings. The van der Waals surface area contributed by atoms with Gasteiger partial charge in [-0.15, -0.1) is 0 Å². The number of aromatic nitrogens is 1. The van der Waals surface area contributed by atoms with Crippen molar-refractivity contribution in [2.45, 2.75) is 50.6 Å². The number of likely N-dealkylation sites (tertiary alicyclic amines) is 1. The van der Waals surface area contributed by atoms with Crippen LogP contribution in [0.4, 0.5) is 0 Å². The van der Waals surface area contributed by atoms with E-state index in [1.807, 2.05) is 18.2 Å². The second-order valence-corrected chi connectivity index (χ2v) is 10.6. The minimum atomic E-state index is -1.44. The molecule has 1 aliphatic rings. The van der Waals surface area contributed by atoms with Gasteiger partial charge < -0.3 is 0 Å². The molecule has 154 valence electrons. The Bertz CT molecular complexity index is 1070. The highest BCUT2D eigenvalue weighted by Crippen LogP contribution is 2.36. The monoisotopic (exact) mass is 539 g/mol. The molecule has 2 heterocycles. The third-order valence-electron chi connectivity index (χ3n) is 5.98. The topological polar surface area (TPSA) is 51.3 Å². The van der Waals surface area contributed by atoms with E-state index in [2.05, 4.69) is 68.3 Å². The summed E-state index contributed by atoms with van der Waals surface area (Å²) in [5.74, 6) is 0. The summed E-state index contributed by atoms with van der Waals surface area (Å²) in [7, 11) is 0.273. The van der Waals surface area contributed by atoms with Crippen molar-refractivity contribution < 1.29 is 4.21 Å². The molecule has 4 rings (SSSR count). The van der Waals surface area contributed by atoms with E-state index in [9.17, 15) is 4.21 Å². The normalized spacial score (nSPS) is 19.0. The molecule has 0 saturated carbocycles. The van der Waals surface area contributed by atoms with Crippen LogP contribution in [0.3, 0.4) is 0 Å². The molecule has 0 amide bonds. The van der Waals surface area contributed by atoms with Crippen LogP contribution < -0.4 is 5.14 Å². The molecule has 1 saturated heterocycles. The first-order chi connectivity index (χ1) is 14.0. The first-order valence-electron chi connectivity index (χ1n) is 9.89. The molecular formula is C22H26IN3OS2. The Kier molecular flexibility index (Phi) is 6.70. The summed E-state index contributed by atoms with van der Waals surface area (Å²) in [4.78, 5) is 3.30. The van der Waals surface area contributed by atoms with Crippen molar-refractivity contribution in [1.29, 1.82) is 0 Å². The van der Waals surface area contributed by atoms with Gasteiger partial charge in [0.15, 0.2) is 0 Å². The molecule has 0 bridgehead atoms. The summed E-state index contributed by atoms with van der Waals surface area (Å²) in [6.07, 6.45) is 5.74. The minimum absolute atomic E-state index is 0.337. The summed E-state index contributed by atoms with van der Waals surface area (Å²) in [6.45, 7) is 6.44. The van der Waals surface area contributed by atoms with Crippen LogP contribution in [0.5, 0.6) is 0 Å². The lowest BCUT2D eigenvalue weighted by atomic mass is 9.93. The number of benzene rings is 2. The largest absolute Gasteiger partial charge is 0.292 e. The van der Waals surface area contributed by atoms with Crippen molar-refractivity contribution in [3.63, 3.8) is 0 Å². The fourth-order valence-electron chi connectivity index (χ4n) is 4.61. The van der Waals surface area contributed by atoms with Crippen molar-refractivity contribution in [1.82, 2.24) is 8.87 Å². The smallest absolute Gasteiger partial charge is 0.122 e. The average Bonchev–Trinajstić information content (AvgIpc) is 3.16. The molecule has 4 nitrogen and oxygen atoms in total. The number of rotatable bonds is 5. The second-order valence-electron chi connectivity index (χ2n) is 7.81. The number of hydrogen-bond acceptors (Lipinski definition) is 3. The van der Waals surface area contributed by atoms with E-state index in [1.54, 1.807) is 9.12 Å². The predicted molar refractivity (Wildman–Crippen MR) is 132 cm³/mol. The zero-order valence-corrected chi connectivity index (χ0v) is 20.5. The van der Waals surface area contributed by atoms with Gasteiger partial charge in [0.05, 0.1) is 10.4 Å². The first kappa shape index (κ1) is 21.4. The molecule has 0 spiro atoms. The highest BCUT2D eigenvalue weighted by molar-refractivity contribution is 14.2. The fraction of sp³-hybridized carbons (Fsp3) is 0.364. The third kappa shape index (κ3) is 4.30. The number of nitrogens with two attached hydrogens (primary N) is 1. The van der Waals surface area contributed by atoms with Gasteiger partial charge in [0.1, 0.15) is 11.0 Å². The SMILES string of the molecule is Cc1cc(C)c2c(ccn2SI)c1CN1CCCCC1c1cccc(S(N)=O)c1. The number of piperidine rings is 1. The zero-order valence-electron chi connectivity index (χ0n) is 16.7. The molecule has 2 N–H and O–H groups in total. The van der Waals surface area contributed by atoms with Crippen LogP contribution in [0.2, 0.25) is 0 Å². The number of aryl methyl sites for hydroxylation is 2. The molecule has 2 atom stereocenters. The van der Waals surface area contributed by atoms with E-state index in [1.165, 1.54) is 46.0 Å². The van der Waals surface area contributed by atoms with Crippen molar-refractivity contribution in [3.8, 4) is 0 Å². The van der Waals surface area contributed by atoms with Gasteiger partial charge in [-0.2, -0.15) is 0 Å². The van der Waals surface area contributed by atoms with Crippen LogP contribution in [0.25, 0.3) is 10.9 Å². The van der Waals surface area contributed by atoms with Crippen molar-refractivity contribution >= 4 is 52.2 Å². The Labute approximate surface area is 191 Å². The van der Waals surface area contributed by atoms with Gasteiger partial charge in [0.25, 0.3) is 0 Å². The van der Waals surface area contributed by atoms with Crippen LogP contribution in [-0.4, -0.2) is 19.6 Å². The van der Waals surface area contributed by atoms with Gasteiger partial charge in [0.2, 0.25) is 0 Å². The summed E-state index contributed by atoms with van der Waals surface area (Å²) in [5.41, 5.74) is 6.64. The lowest BCUT2D eigenvalue weighted by molar-refractivity contribution is 0.140. The predicted octanol–water partition coefficient (Wildman–Crippen LogP) is 5.81. The van der Waals surface area contributed by atoms with Crippen LogP contribution in [0.1, 0.15) is 47.6 Å². The molecular weight excluding hydrogens is 513 g/mol. The summed E-state index contributed by atoms with van der Waals surface area (Å²) < 4.78 is 14.0. The average molecular weight is 540 g/mol. The van der Waals surface area contributed by atoms with Crippen LogP contribution in [-0.2, 0) is 17.5 Å². The van der Waals surface area contributed by atoms with E-state index in [0.29, 0.717) is 10.9 Å². The van der Waals surface area contributed by atoms with Gasteiger partial charge in [-0.3, -0.25) is 8.87 Å². The van der Waals surface area contributed by atoms with Crippen LogP contribution in [0.15, 0.2) is 47.5 Å². The summed E-state index contributed by atoms with van der Waals surface area (Å²) in [6, 6.07) is 12.9. The molecule has 1 aromatic heterocycles. The molecule has 3 aromatic rings. The number of nitrogens with zero attached hydrogens (tertiary/aromatic N) is 2. The molecule has 0 radical (unpaired) electrons. The summed E-state index contributed by atoms with van der Waals surface area (Å²) in [5, 5.41) is 6.99. The van der Waals surface area contributed by atoms with E-state index in [4.69, 9.17) is 5.14 Å². The Morgan fingerprint density at radius 1 is 1.21 bits per heavy atom. The lowest BCUT2D eigenvalue weighted by Crippen LogP contribution is -2.33. The highest BCUT2D eigenvalue weighted by Gasteiger charge is 2.26. The first-order valence-corrected chi connectivity index (χ1v) is 14.4. The fourth-order valence-corrected chi connectivity index (χ4v) is 6.48. The van der Waals surface area contributed by atoms with Crippen LogP contribution >= 0.6 is 30.3 Å². The van der Waals surface area contributed by atoms with Crippen LogP contribution in [0, 0.1) is 13.8 Å². The van der Waals surface area contributed by atoms with Gasteiger partial charge >= 0.3 is 0 Å². The molecule has 0 aliphatic carbocycles.